The third-order valence-electron chi connectivity index (χ3n) is 3.89. The molecule has 14 heavy (non-hydrogen) atoms. The molecule has 1 saturated heterocycles. The number of carbonyl (C=O) groups excluding carboxylic acids is 1. The Labute approximate surface area is 86.7 Å². The van der Waals surface area contributed by atoms with E-state index < -0.39 is 0 Å². The van der Waals surface area contributed by atoms with Crippen LogP contribution in [-0.2, 0) is 4.79 Å². The van der Waals surface area contributed by atoms with Gasteiger partial charge in [0.05, 0.1) is 0 Å². The van der Waals surface area contributed by atoms with Gasteiger partial charge in [-0.15, -0.1) is 0 Å². The molecule has 1 saturated carbocycles. The Kier molecular flexibility index (Phi) is 3.22. The molecule has 1 aliphatic carbocycles. The highest BCUT2D eigenvalue weighted by Crippen LogP contribution is 2.29. The fourth-order valence-electron chi connectivity index (χ4n) is 2.94. The minimum absolute atomic E-state index is 0.463. The summed E-state index contributed by atoms with van der Waals surface area (Å²) in [5.41, 5.74) is 0. The lowest BCUT2D eigenvalue weighted by Gasteiger charge is -2.40. The van der Waals surface area contributed by atoms with Crippen molar-refractivity contribution in [3.63, 3.8) is 0 Å². The van der Waals surface area contributed by atoms with Gasteiger partial charge in [-0.3, -0.25) is 9.69 Å². The average molecular weight is 195 g/mol. The number of ketones is 1. The molecule has 0 bridgehead atoms. The summed E-state index contributed by atoms with van der Waals surface area (Å²) in [6.45, 7) is 4.42. The summed E-state index contributed by atoms with van der Waals surface area (Å²) in [4.78, 5) is 13.7. The second-order valence-corrected chi connectivity index (χ2v) is 4.90. The van der Waals surface area contributed by atoms with E-state index in [1.165, 1.54) is 25.7 Å². The van der Waals surface area contributed by atoms with Gasteiger partial charge in [0.15, 0.2) is 0 Å². The number of rotatable bonds is 1. The Hall–Kier alpha value is -0.370. The predicted molar refractivity (Wildman–Crippen MR) is 57.2 cm³/mol. The Morgan fingerprint density at radius 2 is 1.79 bits per heavy atom. The highest BCUT2D eigenvalue weighted by molar-refractivity contribution is 5.79. The molecule has 0 aromatic rings. The molecule has 2 rings (SSSR count). The molecule has 2 atom stereocenters. The number of piperidine rings is 1. The van der Waals surface area contributed by atoms with Crippen LogP contribution in [0.5, 0.6) is 0 Å². The SMILES string of the molecule is C[C@H]1CCCC[C@H]1N1CCC(=O)CC1. The Morgan fingerprint density at radius 3 is 2.43 bits per heavy atom. The second-order valence-electron chi connectivity index (χ2n) is 4.90. The fourth-order valence-corrected chi connectivity index (χ4v) is 2.94. The van der Waals surface area contributed by atoms with E-state index in [4.69, 9.17) is 0 Å². The van der Waals surface area contributed by atoms with Crippen molar-refractivity contribution in [3.8, 4) is 0 Å². The zero-order valence-electron chi connectivity index (χ0n) is 9.17. The summed E-state index contributed by atoms with van der Waals surface area (Å²) in [6.07, 6.45) is 7.13. The summed E-state index contributed by atoms with van der Waals surface area (Å²) in [5, 5.41) is 0. The van der Waals surface area contributed by atoms with Crippen LogP contribution in [0.2, 0.25) is 0 Å². The smallest absolute Gasteiger partial charge is 0.135 e. The first-order valence-corrected chi connectivity index (χ1v) is 6.03. The molecule has 2 fully saturated rings. The maximum absolute atomic E-state index is 11.1. The average Bonchev–Trinajstić information content (AvgIpc) is 2.20. The largest absolute Gasteiger partial charge is 0.300 e. The third-order valence-corrected chi connectivity index (χ3v) is 3.89. The molecule has 80 valence electrons. The molecule has 0 aromatic carbocycles. The number of hydrogen-bond acceptors (Lipinski definition) is 2. The van der Waals surface area contributed by atoms with Crippen LogP contribution in [0.3, 0.4) is 0 Å². The fraction of sp³-hybridized carbons (Fsp3) is 0.917. The second kappa shape index (κ2) is 4.43. The van der Waals surface area contributed by atoms with E-state index in [0.29, 0.717) is 5.78 Å². The van der Waals surface area contributed by atoms with Crippen LogP contribution >= 0.6 is 0 Å². The third kappa shape index (κ3) is 2.17. The van der Waals surface area contributed by atoms with Gasteiger partial charge >= 0.3 is 0 Å². The van der Waals surface area contributed by atoms with Crippen molar-refractivity contribution in [3.05, 3.63) is 0 Å². The lowest BCUT2D eigenvalue weighted by Crippen LogP contribution is -2.45. The van der Waals surface area contributed by atoms with Crippen LogP contribution in [0.1, 0.15) is 45.4 Å². The molecule has 2 heteroatoms. The molecular weight excluding hydrogens is 174 g/mol. The molecule has 2 nitrogen and oxygen atoms in total. The quantitative estimate of drug-likeness (QED) is 0.639. The molecule has 0 unspecified atom stereocenters. The van der Waals surface area contributed by atoms with Crippen LogP contribution in [0, 0.1) is 5.92 Å². The summed E-state index contributed by atoms with van der Waals surface area (Å²) in [5.74, 6) is 1.31. The molecule has 0 aromatic heterocycles. The Morgan fingerprint density at radius 1 is 1.14 bits per heavy atom. The minimum atomic E-state index is 0.463. The van der Waals surface area contributed by atoms with E-state index in [1.807, 2.05) is 0 Å². The van der Waals surface area contributed by atoms with Gasteiger partial charge < -0.3 is 0 Å². The standard InChI is InChI=1S/C12H21NO/c1-10-4-2-3-5-12(10)13-8-6-11(14)7-9-13/h10,12H,2-9H2,1H3/t10-,12+/m0/s1. The summed E-state index contributed by atoms with van der Waals surface area (Å²) in [7, 11) is 0. The van der Waals surface area contributed by atoms with Gasteiger partial charge in [-0.25, -0.2) is 0 Å². The van der Waals surface area contributed by atoms with Crippen molar-refractivity contribution in [2.75, 3.05) is 13.1 Å². The van der Waals surface area contributed by atoms with E-state index in [2.05, 4.69) is 11.8 Å². The van der Waals surface area contributed by atoms with E-state index in [9.17, 15) is 4.79 Å². The van der Waals surface area contributed by atoms with Gasteiger partial charge in [0.25, 0.3) is 0 Å². The van der Waals surface area contributed by atoms with Crippen molar-refractivity contribution in [1.29, 1.82) is 0 Å². The summed E-state index contributed by atoms with van der Waals surface area (Å²) in [6, 6.07) is 0.775. The van der Waals surface area contributed by atoms with Gasteiger partial charge in [0.1, 0.15) is 5.78 Å². The number of Topliss-reactive ketones (excluding diaryl/α,β-unsaturated/α-hetero) is 1. The number of likely N-dealkylation sites (tertiary alicyclic amines) is 1. The van der Waals surface area contributed by atoms with Gasteiger partial charge in [0.2, 0.25) is 0 Å². The zero-order chi connectivity index (χ0) is 9.97. The van der Waals surface area contributed by atoms with Crippen LogP contribution in [-0.4, -0.2) is 29.8 Å². The highest BCUT2D eigenvalue weighted by Gasteiger charge is 2.29. The molecule has 2 aliphatic rings. The summed E-state index contributed by atoms with van der Waals surface area (Å²) >= 11 is 0. The van der Waals surface area contributed by atoms with Gasteiger partial charge in [-0.1, -0.05) is 19.8 Å². The number of carbonyl (C=O) groups is 1. The molecule has 0 spiro atoms. The normalized spacial score (nSPS) is 35.9. The number of hydrogen-bond donors (Lipinski definition) is 0. The molecule has 0 amide bonds. The zero-order valence-corrected chi connectivity index (χ0v) is 9.17. The van der Waals surface area contributed by atoms with E-state index in [1.54, 1.807) is 0 Å². The van der Waals surface area contributed by atoms with E-state index >= 15 is 0 Å². The van der Waals surface area contributed by atoms with Gasteiger partial charge in [0, 0.05) is 32.0 Å². The van der Waals surface area contributed by atoms with Crippen LogP contribution < -0.4 is 0 Å². The molecule has 1 heterocycles. The van der Waals surface area contributed by atoms with Crippen LogP contribution in [0.15, 0.2) is 0 Å². The lowest BCUT2D eigenvalue weighted by atomic mass is 9.84. The lowest BCUT2D eigenvalue weighted by molar-refractivity contribution is -0.122. The van der Waals surface area contributed by atoms with Crippen molar-refractivity contribution < 1.29 is 4.79 Å². The first-order valence-electron chi connectivity index (χ1n) is 6.03. The maximum atomic E-state index is 11.1. The molecule has 0 N–H and O–H groups in total. The van der Waals surface area contributed by atoms with Crippen molar-refractivity contribution in [1.82, 2.24) is 4.90 Å². The van der Waals surface area contributed by atoms with Crippen molar-refractivity contribution >= 4 is 5.78 Å². The van der Waals surface area contributed by atoms with E-state index in [-0.39, 0.29) is 0 Å². The Bertz CT molecular complexity index is 204. The van der Waals surface area contributed by atoms with E-state index in [0.717, 1.165) is 37.9 Å². The maximum Gasteiger partial charge on any atom is 0.135 e. The van der Waals surface area contributed by atoms with Crippen LogP contribution in [0.4, 0.5) is 0 Å². The van der Waals surface area contributed by atoms with Crippen molar-refractivity contribution in [2.45, 2.75) is 51.5 Å². The first kappa shape index (κ1) is 10.2. The first-order chi connectivity index (χ1) is 6.77. The summed E-state index contributed by atoms with van der Waals surface area (Å²) < 4.78 is 0. The highest BCUT2D eigenvalue weighted by atomic mass is 16.1. The molecule has 1 aliphatic heterocycles. The topological polar surface area (TPSA) is 20.3 Å². The molecule has 0 radical (unpaired) electrons. The number of nitrogens with zero attached hydrogens (tertiary/aromatic N) is 1. The molecular formula is C12H21NO. The minimum Gasteiger partial charge on any atom is -0.300 e. The Balaban J connectivity index is 1.90. The van der Waals surface area contributed by atoms with Gasteiger partial charge in [-0.2, -0.15) is 0 Å². The monoisotopic (exact) mass is 195 g/mol. The van der Waals surface area contributed by atoms with Crippen LogP contribution in [0.25, 0.3) is 0 Å². The van der Waals surface area contributed by atoms with Gasteiger partial charge in [-0.05, 0) is 18.8 Å². The predicted octanol–water partition coefficient (Wildman–Crippen LogP) is 2.23. The van der Waals surface area contributed by atoms with Crippen molar-refractivity contribution in [2.24, 2.45) is 5.92 Å².